The van der Waals surface area contributed by atoms with Crippen LogP contribution >= 0.6 is 12.6 Å². The molecule has 0 saturated carbocycles. The number of anilines is 1. The van der Waals surface area contributed by atoms with E-state index in [0.717, 1.165) is 10.6 Å². The lowest BCUT2D eigenvalue weighted by Crippen LogP contribution is -2.04. The van der Waals surface area contributed by atoms with Crippen LogP contribution < -0.4 is 5.32 Å². The number of azo groups is 1. The molecule has 0 fully saturated rings. The Morgan fingerprint density at radius 1 is 1.05 bits per heavy atom. The normalized spacial score (nSPS) is 10.6. The third-order valence-electron chi connectivity index (χ3n) is 2.28. The van der Waals surface area contributed by atoms with Gasteiger partial charge in [0.05, 0.1) is 11.4 Å². The lowest BCUT2D eigenvalue weighted by molar-refractivity contribution is -0.114. The van der Waals surface area contributed by atoms with Crippen molar-refractivity contribution in [2.24, 2.45) is 10.2 Å². The molecule has 0 aromatic heterocycles. The molecule has 0 aliphatic carbocycles. The quantitative estimate of drug-likeness (QED) is 0.633. The summed E-state index contributed by atoms with van der Waals surface area (Å²) in [6.07, 6.45) is 0. The molecule has 4 nitrogen and oxygen atoms in total. The minimum absolute atomic E-state index is 0.114. The van der Waals surface area contributed by atoms with Crippen molar-refractivity contribution in [1.82, 2.24) is 0 Å². The molecule has 96 valence electrons. The monoisotopic (exact) mass is 271 g/mol. The van der Waals surface area contributed by atoms with Gasteiger partial charge in [-0.05, 0) is 36.4 Å². The largest absolute Gasteiger partial charge is 0.326 e. The highest BCUT2D eigenvalue weighted by atomic mass is 32.1. The van der Waals surface area contributed by atoms with Gasteiger partial charge in [-0.25, -0.2) is 0 Å². The van der Waals surface area contributed by atoms with Crippen molar-refractivity contribution in [1.29, 1.82) is 0 Å². The molecule has 0 unspecified atom stereocenters. The average molecular weight is 271 g/mol. The van der Waals surface area contributed by atoms with E-state index < -0.39 is 0 Å². The molecule has 2 aromatic rings. The van der Waals surface area contributed by atoms with Crippen LogP contribution in [-0.4, -0.2) is 5.91 Å². The summed E-state index contributed by atoms with van der Waals surface area (Å²) >= 11 is 4.24. The fraction of sp³-hybridized carbons (Fsp3) is 0.0714. The van der Waals surface area contributed by atoms with Crippen LogP contribution in [0.4, 0.5) is 17.1 Å². The molecule has 19 heavy (non-hydrogen) atoms. The molecule has 0 aliphatic heterocycles. The van der Waals surface area contributed by atoms with Crippen LogP contribution in [0, 0.1) is 0 Å². The zero-order valence-electron chi connectivity index (χ0n) is 10.4. The van der Waals surface area contributed by atoms with Gasteiger partial charge in [0.15, 0.2) is 0 Å². The predicted octanol–water partition coefficient (Wildman–Crippen LogP) is 4.35. The van der Waals surface area contributed by atoms with Crippen LogP contribution in [0.25, 0.3) is 0 Å². The van der Waals surface area contributed by atoms with Gasteiger partial charge in [-0.2, -0.15) is 10.2 Å². The third kappa shape index (κ3) is 4.22. The maximum absolute atomic E-state index is 11.0. The molecule has 0 saturated heterocycles. The first-order chi connectivity index (χ1) is 9.13. The lowest BCUT2D eigenvalue weighted by Gasteiger charge is -2.01. The van der Waals surface area contributed by atoms with Crippen LogP contribution in [0.5, 0.6) is 0 Å². The molecule has 0 bridgehead atoms. The zero-order chi connectivity index (χ0) is 13.7. The highest BCUT2D eigenvalue weighted by Gasteiger charge is 1.97. The zero-order valence-corrected chi connectivity index (χ0v) is 11.3. The van der Waals surface area contributed by atoms with E-state index >= 15 is 0 Å². The Bertz CT molecular complexity index is 626. The van der Waals surface area contributed by atoms with Gasteiger partial charge in [-0.15, -0.1) is 12.6 Å². The van der Waals surface area contributed by atoms with E-state index in [2.05, 4.69) is 28.2 Å². The maximum atomic E-state index is 11.0. The molecule has 0 radical (unpaired) electrons. The second kappa shape index (κ2) is 6.15. The maximum Gasteiger partial charge on any atom is 0.221 e. The van der Waals surface area contributed by atoms with Gasteiger partial charge >= 0.3 is 0 Å². The van der Waals surface area contributed by atoms with E-state index in [-0.39, 0.29) is 5.91 Å². The van der Waals surface area contributed by atoms with Crippen molar-refractivity contribution in [3.05, 3.63) is 48.5 Å². The fourth-order valence-electron chi connectivity index (χ4n) is 1.52. The summed E-state index contributed by atoms with van der Waals surface area (Å²) in [5, 5.41) is 10.9. The predicted molar refractivity (Wildman–Crippen MR) is 78.6 cm³/mol. The highest BCUT2D eigenvalue weighted by molar-refractivity contribution is 7.80. The number of rotatable bonds is 3. The van der Waals surface area contributed by atoms with Crippen molar-refractivity contribution >= 4 is 35.6 Å². The number of amides is 1. The van der Waals surface area contributed by atoms with E-state index in [0.29, 0.717) is 11.4 Å². The first-order valence-electron chi connectivity index (χ1n) is 5.72. The smallest absolute Gasteiger partial charge is 0.221 e. The standard InChI is InChI=1S/C14H13N3OS/c1-10(18)15-11-4-2-5-12(8-11)16-17-13-6-3-7-14(19)9-13/h2-9,19H,1H3,(H,15,18). The molecule has 2 rings (SSSR count). The second-order valence-electron chi connectivity index (χ2n) is 3.95. The minimum atomic E-state index is -0.114. The lowest BCUT2D eigenvalue weighted by atomic mass is 10.3. The number of hydrogen-bond acceptors (Lipinski definition) is 4. The Morgan fingerprint density at radius 2 is 1.68 bits per heavy atom. The number of carbonyl (C=O) groups excluding carboxylic acids is 1. The summed E-state index contributed by atoms with van der Waals surface area (Å²) in [5.41, 5.74) is 2.11. The summed E-state index contributed by atoms with van der Waals surface area (Å²) in [6, 6.07) is 14.6. The summed E-state index contributed by atoms with van der Waals surface area (Å²) < 4.78 is 0. The summed E-state index contributed by atoms with van der Waals surface area (Å²) in [6.45, 7) is 1.46. The molecule has 1 N–H and O–H groups in total. The van der Waals surface area contributed by atoms with Gasteiger partial charge in [0.1, 0.15) is 0 Å². The van der Waals surface area contributed by atoms with Crippen LogP contribution in [-0.2, 0) is 4.79 Å². The first kappa shape index (κ1) is 13.3. The Labute approximate surface area is 117 Å². The Balaban J connectivity index is 2.16. The van der Waals surface area contributed by atoms with E-state index in [1.165, 1.54) is 6.92 Å². The van der Waals surface area contributed by atoms with Crippen LogP contribution in [0.15, 0.2) is 63.7 Å². The van der Waals surface area contributed by atoms with E-state index in [9.17, 15) is 4.79 Å². The van der Waals surface area contributed by atoms with Gasteiger partial charge in [-0.1, -0.05) is 12.1 Å². The van der Waals surface area contributed by atoms with Crippen molar-refractivity contribution in [3.63, 3.8) is 0 Å². The number of hydrogen-bond donors (Lipinski definition) is 2. The second-order valence-corrected chi connectivity index (χ2v) is 4.47. The molecule has 0 aliphatic rings. The van der Waals surface area contributed by atoms with Gasteiger partial charge in [0, 0.05) is 17.5 Å². The first-order valence-corrected chi connectivity index (χ1v) is 6.16. The number of thiol groups is 1. The van der Waals surface area contributed by atoms with Gasteiger partial charge in [-0.3, -0.25) is 4.79 Å². The molecule has 2 aromatic carbocycles. The van der Waals surface area contributed by atoms with Gasteiger partial charge in [0.25, 0.3) is 0 Å². The van der Waals surface area contributed by atoms with Crippen LogP contribution in [0.1, 0.15) is 6.92 Å². The molecule has 0 heterocycles. The highest BCUT2D eigenvalue weighted by Crippen LogP contribution is 2.22. The van der Waals surface area contributed by atoms with E-state index in [1.807, 2.05) is 36.4 Å². The topological polar surface area (TPSA) is 53.8 Å². The van der Waals surface area contributed by atoms with Crippen molar-refractivity contribution in [3.8, 4) is 0 Å². The minimum Gasteiger partial charge on any atom is -0.326 e. The number of benzene rings is 2. The Morgan fingerprint density at radius 3 is 2.32 bits per heavy atom. The van der Waals surface area contributed by atoms with Crippen molar-refractivity contribution in [2.45, 2.75) is 11.8 Å². The van der Waals surface area contributed by atoms with Crippen molar-refractivity contribution < 1.29 is 4.79 Å². The number of carbonyl (C=O) groups is 1. The number of nitrogens with zero attached hydrogens (tertiary/aromatic N) is 2. The van der Waals surface area contributed by atoms with Crippen molar-refractivity contribution in [2.75, 3.05) is 5.32 Å². The average Bonchev–Trinajstić information content (AvgIpc) is 2.36. The molecule has 0 atom stereocenters. The molecule has 1 amide bonds. The van der Waals surface area contributed by atoms with E-state index in [4.69, 9.17) is 0 Å². The third-order valence-corrected chi connectivity index (χ3v) is 2.56. The van der Waals surface area contributed by atoms with Gasteiger partial charge in [0.2, 0.25) is 5.91 Å². The van der Waals surface area contributed by atoms with Crippen LogP contribution in [0.2, 0.25) is 0 Å². The SMILES string of the molecule is CC(=O)Nc1cccc(N=Nc2cccc(S)c2)c1. The summed E-state index contributed by atoms with van der Waals surface area (Å²) in [4.78, 5) is 11.8. The summed E-state index contributed by atoms with van der Waals surface area (Å²) in [5.74, 6) is -0.114. The fourth-order valence-corrected chi connectivity index (χ4v) is 1.74. The molecular weight excluding hydrogens is 258 g/mol. The molecular formula is C14H13N3OS. The Hall–Kier alpha value is -2.14. The van der Waals surface area contributed by atoms with E-state index in [1.54, 1.807) is 12.1 Å². The number of nitrogens with one attached hydrogen (secondary N) is 1. The van der Waals surface area contributed by atoms with Crippen LogP contribution in [0.3, 0.4) is 0 Å². The Kier molecular flexibility index (Phi) is 4.30. The molecule has 0 spiro atoms. The summed E-state index contributed by atoms with van der Waals surface area (Å²) in [7, 11) is 0. The van der Waals surface area contributed by atoms with Gasteiger partial charge < -0.3 is 5.32 Å². The molecule has 5 heteroatoms.